The van der Waals surface area contributed by atoms with Gasteiger partial charge in [-0.2, -0.15) is 4.31 Å². The number of sulfonamides is 1. The molecule has 30 heavy (non-hydrogen) atoms. The van der Waals surface area contributed by atoms with Gasteiger partial charge < -0.3 is 5.32 Å². The molecule has 0 aromatic heterocycles. The first kappa shape index (κ1) is 22.0. The highest BCUT2D eigenvalue weighted by atomic mass is 35.5. The van der Waals surface area contributed by atoms with Gasteiger partial charge in [-0.1, -0.05) is 71.8 Å². The highest BCUT2D eigenvalue weighted by Gasteiger charge is 2.27. The van der Waals surface area contributed by atoms with Crippen LogP contribution >= 0.6 is 11.6 Å². The summed E-state index contributed by atoms with van der Waals surface area (Å²) in [5.41, 5.74) is 2.77. The number of aryl methyl sites for hydroxylation is 1. The van der Waals surface area contributed by atoms with Crippen molar-refractivity contribution in [2.24, 2.45) is 0 Å². The monoisotopic (exact) mass is 442 g/mol. The molecule has 5 nitrogen and oxygen atoms in total. The van der Waals surface area contributed by atoms with Crippen molar-refractivity contribution < 1.29 is 13.2 Å². The molecule has 0 unspecified atom stereocenters. The molecule has 3 aromatic carbocycles. The molecule has 1 N–H and O–H groups in total. The SMILES string of the molecule is Cc1cccc(CN(CC(=O)NCc2ccccc2)S(=O)(=O)c2ccc(Cl)cc2)c1. The van der Waals surface area contributed by atoms with Gasteiger partial charge in [0.1, 0.15) is 0 Å². The van der Waals surface area contributed by atoms with E-state index in [1.54, 1.807) is 0 Å². The third-order valence-electron chi connectivity index (χ3n) is 4.55. The van der Waals surface area contributed by atoms with Gasteiger partial charge >= 0.3 is 0 Å². The lowest BCUT2D eigenvalue weighted by Gasteiger charge is -2.22. The van der Waals surface area contributed by atoms with E-state index in [4.69, 9.17) is 11.6 Å². The van der Waals surface area contributed by atoms with Crippen molar-refractivity contribution in [2.45, 2.75) is 24.9 Å². The zero-order valence-electron chi connectivity index (χ0n) is 16.6. The molecular formula is C23H23ClN2O3S. The summed E-state index contributed by atoms with van der Waals surface area (Å²) in [4.78, 5) is 12.7. The number of rotatable bonds is 8. The molecule has 0 aliphatic heterocycles. The number of nitrogens with zero attached hydrogens (tertiary/aromatic N) is 1. The van der Waals surface area contributed by atoms with Gasteiger partial charge in [-0.15, -0.1) is 0 Å². The Morgan fingerprint density at radius 3 is 2.27 bits per heavy atom. The van der Waals surface area contributed by atoms with Crippen molar-refractivity contribution in [2.75, 3.05) is 6.54 Å². The number of nitrogens with one attached hydrogen (secondary N) is 1. The van der Waals surface area contributed by atoms with Crippen LogP contribution in [-0.4, -0.2) is 25.2 Å². The van der Waals surface area contributed by atoms with Gasteiger partial charge in [0.2, 0.25) is 15.9 Å². The second kappa shape index (κ2) is 9.89. The molecular weight excluding hydrogens is 420 g/mol. The molecule has 0 spiro atoms. The maximum Gasteiger partial charge on any atom is 0.243 e. The van der Waals surface area contributed by atoms with Crippen LogP contribution in [0.3, 0.4) is 0 Å². The van der Waals surface area contributed by atoms with Crippen LogP contribution in [0.5, 0.6) is 0 Å². The Balaban J connectivity index is 1.81. The third kappa shape index (κ3) is 5.92. The average Bonchev–Trinajstić information content (AvgIpc) is 2.73. The van der Waals surface area contributed by atoms with Crippen LogP contribution in [0.25, 0.3) is 0 Å². The van der Waals surface area contributed by atoms with Crippen molar-refractivity contribution in [3.05, 3.63) is 101 Å². The first-order valence-corrected chi connectivity index (χ1v) is 11.3. The normalized spacial score (nSPS) is 11.4. The molecule has 0 atom stereocenters. The largest absolute Gasteiger partial charge is 0.351 e. The predicted octanol–water partition coefficient (Wildman–Crippen LogP) is 4.16. The molecule has 0 fully saturated rings. The van der Waals surface area contributed by atoms with Gasteiger partial charge in [0.25, 0.3) is 0 Å². The van der Waals surface area contributed by atoms with Crippen LogP contribution in [0.15, 0.2) is 83.8 Å². The van der Waals surface area contributed by atoms with Crippen molar-refractivity contribution in [1.29, 1.82) is 0 Å². The zero-order valence-corrected chi connectivity index (χ0v) is 18.2. The van der Waals surface area contributed by atoms with E-state index in [0.717, 1.165) is 16.7 Å². The minimum atomic E-state index is -3.89. The maximum atomic E-state index is 13.2. The molecule has 3 aromatic rings. The minimum absolute atomic E-state index is 0.0887. The number of hydrogen-bond donors (Lipinski definition) is 1. The zero-order chi connectivity index (χ0) is 21.6. The maximum absolute atomic E-state index is 13.2. The summed E-state index contributed by atoms with van der Waals surface area (Å²) in [5.74, 6) is -0.371. The standard InChI is InChI=1S/C23H23ClN2O3S/c1-18-6-5-9-20(14-18)16-26(30(28,29)22-12-10-21(24)11-13-22)17-23(27)25-15-19-7-3-2-4-8-19/h2-14H,15-17H2,1H3,(H,25,27). The van der Waals surface area contributed by atoms with E-state index in [2.05, 4.69) is 5.32 Å². The van der Waals surface area contributed by atoms with Gasteiger partial charge in [0, 0.05) is 18.1 Å². The highest BCUT2D eigenvalue weighted by Crippen LogP contribution is 2.21. The summed E-state index contributed by atoms with van der Waals surface area (Å²) in [6, 6.07) is 23.0. The molecule has 7 heteroatoms. The van der Waals surface area contributed by atoms with E-state index in [-0.39, 0.29) is 23.9 Å². The van der Waals surface area contributed by atoms with Gasteiger partial charge in [-0.3, -0.25) is 4.79 Å². The van der Waals surface area contributed by atoms with Crippen molar-refractivity contribution >= 4 is 27.5 Å². The van der Waals surface area contributed by atoms with Crippen LogP contribution in [0, 0.1) is 6.92 Å². The van der Waals surface area contributed by atoms with Crippen LogP contribution < -0.4 is 5.32 Å². The van der Waals surface area contributed by atoms with E-state index in [0.29, 0.717) is 11.6 Å². The molecule has 0 bridgehead atoms. The molecule has 156 valence electrons. The van der Waals surface area contributed by atoms with Crippen LogP contribution in [0.1, 0.15) is 16.7 Å². The van der Waals surface area contributed by atoms with E-state index in [1.807, 2.05) is 61.5 Å². The highest BCUT2D eigenvalue weighted by molar-refractivity contribution is 7.89. The number of hydrogen-bond acceptors (Lipinski definition) is 3. The minimum Gasteiger partial charge on any atom is -0.351 e. The Kier molecular flexibility index (Phi) is 7.26. The van der Waals surface area contributed by atoms with E-state index < -0.39 is 10.0 Å². The quantitative estimate of drug-likeness (QED) is 0.569. The van der Waals surface area contributed by atoms with Gasteiger partial charge in [0.05, 0.1) is 11.4 Å². The number of carbonyl (C=O) groups excluding carboxylic acids is 1. The topological polar surface area (TPSA) is 66.5 Å². The Labute approximate surface area is 182 Å². The Morgan fingerprint density at radius 2 is 1.60 bits per heavy atom. The second-order valence-corrected chi connectivity index (χ2v) is 9.35. The van der Waals surface area contributed by atoms with E-state index in [1.165, 1.54) is 28.6 Å². The Morgan fingerprint density at radius 1 is 0.933 bits per heavy atom. The average molecular weight is 443 g/mol. The third-order valence-corrected chi connectivity index (χ3v) is 6.60. The molecule has 0 aliphatic carbocycles. The Hall–Kier alpha value is -2.67. The summed E-state index contributed by atoms with van der Waals surface area (Å²) in [6.45, 7) is 2.07. The van der Waals surface area contributed by atoms with Crippen molar-refractivity contribution in [3.8, 4) is 0 Å². The number of carbonyl (C=O) groups is 1. The lowest BCUT2D eigenvalue weighted by atomic mass is 10.1. The van der Waals surface area contributed by atoms with Gasteiger partial charge in [-0.25, -0.2) is 8.42 Å². The fourth-order valence-electron chi connectivity index (χ4n) is 3.01. The molecule has 0 saturated carbocycles. The van der Waals surface area contributed by atoms with Gasteiger partial charge in [0.15, 0.2) is 0 Å². The second-order valence-electron chi connectivity index (χ2n) is 6.98. The van der Waals surface area contributed by atoms with Crippen LogP contribution in [0.4, 0.5) is 0 Å². The molecule has 3 rings (SSSR count). The molecule has 0 saturated heterocycles. The van der Waals surface area contributed by atoms with Crippen LogP contribution in [-0.2, 0) is 27.9 Å². The lowest BCUT2D eigenvalue weighted by Crippen LogP contribution is -2.40. The number of amides is 1. The summed E-state index contributed by atoms with van der Waals surface area (Å²) in [7, 11) is -3.89. The molecule has 0 aliphatic rings. The Bertz CT molecular complexity index is 1100. The molecule has 0 heterocycles. The fraction of sp³-hybridized carbons (Fsp3) is 0.174. The van der Waals surface area contributed by atoms with E-state index in [9.17, 15) is 13.2 Å². The lowest BCUT2D eigenvalue weighted by molar-refractivity contribution is -0.121. The molecule has 0 radical (unpaired) electrons. The summed E-state index contributed by atoms with van der Waals surface area (Å²) in [6.07, 6.45) is 0. The van der Waals surface area contributed by atoms with Crippen LogP contribution in [0.2, 0.25) is 5.02 Å². The predicted molar refractivity (Wildman–Crippen MR) is 119 cm³/mol. The van der Waals surface area contributed by atoms with Crippen molar-refractivity contribution in [3.63, 3.8) is 0 Å². The summed E-state index contributed by atoms with van der Waals surface area (Å²) >= 11 is 5.90. The smallest absolute Gasteiger partial charge is 0.243 e. The van der Waals surface area contributed by atoms with Gasteiger partial charge in [-0.05, 0) is 42.3 Å². The first-order chi connectivity index (χ1) is 14.3. The summed E-state index contributed by atoms with van der Waals surface area (Å²) < 4.78 is 27.7. The fourth-order valence-corrected chi connectivity index (χ4v) is 4.52. The number of halogens is 1. The summed E-state index contributed by atoms with van der Waals surface area (Å²) in [5, 5.41) is 3.24. The molecule has 1 amide bonds. The number of benzene rings is 3. The van der Waals surface area contributed by atoms with Crippen molar-refractivity contribution in [1.82, 2.24) is 9.62 Å². The first-order valence-electron chi connectivity index (χ1n) is 9.46. The van der Waals surface area contributed by atoms with E-state index >= 15 is 0 Å².